The van der Waals surface area contributed by atoms with E-state index in [1.807, 2.05) is 49.6 Å². The first-order chi connectivity index (χ1) is 13.7. The van der Waals surface area contributed by atoms with Gasteiger partial charge in [-0.25, -0.2) is 9.97 Å². The Bertz CT molecular complexity index is 1020. The van der Waals surface area contributed by atoms with Crippen molar-refractivity contribution in [3.05, 3.63) is 30.1 Å². The van der Waals surface area contributed by atoms with E-state index in [0.29, 0.717) is 36.9 Å². The number of aromatic nitrogens is 3. The molecule has 29 heavy (non-hydrogen) atoms. The smallest absolute Gasteiger partial charge is 0.228 e. The fourth-order valence-corrected chi connectivity index (χ4v) is 3.26. The molecule has 2 N–H and O–H groups in total. The summed E-state index contributed by atoms with van der Waals surface area (Å²) in [5.74, 6) is 0.928. The van der Waals surface area contributed by atoms with Crippen LogP contribution >= 0.6 is 0 Å². The Labute approximate surface area is 171 Å². The molecule has 2 aromatic heterocycles. The number of ether oxygens (including phenoxy) is 1. The quantitative estimate of drug-likeness (QED) is 0.601. The third kappa shape index (κ3) is 4.57. The number of rotatable bonds is 8. The second kappa shape index (κ2) is 8.47. The number of aliphatic hydroxyl groups is 1. The Balaban J connectivity index is 2.27. The van der Waals surface area contributed by atoms with Gasteiger partial charge >= 0.3 is 0 Å². The van der Waals surface area contributed by atoms with Crippen LogP contribution in [0, 0.1) is 5.92 Å². The van der Waals surface area contributed by atoms with E-state index >= 15 is 0 Å². The molecular formula is C22H30N4O3. The number of nitrogens with one attached hydrogen (secondary N) is 1. The normalized spacial score (nSPS) is 13.2. The molecule has 1 amide bonds. The largest absolute Gasteiger partial charge is 0.389 e. The zero-order chi connectivity index (χ0) is 21.2. The lowest BCUT2D eigenvalue weighted by molar-refractivity contribution is -0.119. The van der Waals surface area contributed by atoms with Gasteiger partial charge in [0.05, 0.1) is 23.2 Å². The van der Waals surface area contributed by atoms with Crippen molar-refractivity contribution in [3.63, 3.8) is 0 Å². The average Bonchev–Trinajstić information content (AvgIpc) is 3.02. The molecule has 0 saturated heterocycles. The summed E-state index contributed by atoms with van der Waals surface area (Å²) in [7, 11) is 0. The molecule has 0 saturated carbocycles. The van der Waals surface area contributed by atoms with Crippen molar-refractivity contribution >= 4 is 33.7 Å². The number of para-hydroxylation sites is 1. The molecule has 0 bridgehead atoms. The third-order valence-electron chi connectivity index (χ3n) is 4.94. The molecule has 1 atom stereocenters. The van der Waals surface area contributed by atoms with Crippen LogP contribution in [-0.2, 0) is 22.7 Å². The van der Waals surface area contributed by atoms with Crippen LogP contribution in [0.15, 0.2) is 24.3 Å². The second-order valence-electron chi connectivity index (χ2n) is 8.04. The number of carbonyl (C=O) groups excluding carboxylic acids is 1. The Hall–Kier alpha value is -2.51. The second-order valence-corrected chi connectivity index (χ2v) is 8.04. The van der Waals surface area contributed by atoms with Gasteiger partial charge in [-0.1, -0.05) is 32.0 Å². The summed E-state index contributed by atoms with van der Waals surface area (Å²) in [6.45, 7) is 10.5. The highest BCUT2D eigenvalue weighted by atomic mass is 16.5. The van der Waals surface area contributed by atoms with E-state index in [-0.39, 0.29) is 11.8 Å². The van der Waals surface area contributed by atoms with Gasteiger partial charge in [-0.2, -0.15) is 0 Å². The number of pyridine rings is 1. The summed E-state index contributed by atoms with van der Waals surface area (Å²) in [6, 6.07) is 7.76. The van der Waals surface area contributed by atoms with E-state index < -0.39 is 5.60 Å². The van der Waals surface area contributed by atoms with Crippen LogP contribution in [0.1, 0.15) is 46.9 Å². The average molecular weight is 399 g/mol. The monoisotopic (exact) mass is 398 g/mol. The molecular weight excluding hydrogens is 368 g/mol. The van der Waals surface area contributed by atoms with E-state index in [4.69, 9.17) is 9.72 Å². The van der Waals surface area contributed by atoms with Crippen LogP contribution in [0.25, 0.3) is 21.9 Å². The molecule has 1 aromatic carbocycles. The van der Waals surface area contributed by atoms with Gasteiger partial charge in [0.15, 0.2) is 5.82 Å². The number of imidazole rings is 1. The molecule has 0 aliphatic heterocycles. The molecule has 3 aromatic rings. The molecule has 0 aliphatic rings. The highest BCUT2D eigenvalue weighted by Crippen LogP contribution is 2.31. The van der Waals surface area contributed by atoms with Crippen molar-refractivity contribution < 1.29 is 14.6 Å². The Morgan fingerprint density at radius 1 is 1.28 bits per heavy atom. The van der Waals surface area contributed by atoms with Gasteiger partial charge in [0, 0.05) is 17.9 Å². The van der Waals surface area contributed by atoms with Crippen LogP contribution in [0.3, 0.4) is 0 Å². The Morgan fingerprint density at radius 3 is 2.66 bits per heavy atom. The van der Waals surface area contributed by atoms with Crippen molar-refractivity contribution in [2.24, 2.45) is 5.92 Å². The summed E-state index contributed by atoms with van der Waals surface area (Å²) in [5.41, 5.74) is 1.27. The standard InChI is InChI=1S/C22H30N4O3/c1-6-14(3)21(27)25-20-18-19(15-10-8-9-11-16(15)23-20)26(13-22(4,5)28)17(24-18)12-29-7-2/h8-11,14,28H,6-7,12-13H2,1-5H3,(H,23,25,27). The summed E-state index contributed by atoms with van der Waals surface area (Å²) in [5, 5.41) is 14.4. The zero-order valence-electron chi connectivity index (χ0n) is 17.8. The maximum absolute atomic E-state index is 12.6. The number of fused-ring (bicyclic) bond motifs is 3. The van der Waals surface area contributed by atoms with Crippen molar-refractivity contribution in [2.75, 3.05) is 11.9 Å². The third-order valence-corrected chi connectivity index (χ3v) is 4.94. The highest BCUT2D eigenvalue weighted by molar-refractivity contribution is 6.09. The molecule has 0 aliphatic carbocycles. The molecule has 156 valence electrons. The minimum absolute atomic E-state index is 0.0834. The zero-order valence-corrected chi connectivity index (χ0v) is 17.8. The molecule has 7 nitrogen and oxygen atoms in total. The van der Waals surface area contributed by atoms with Crippen LogP contribution in [0.2, 0.25) is 0 Å². The summed E-state index contributed by atoms with van der Waals surface area (Å²) < 4.78 is 7.60. The summed E-state index contributed by atoms with van der Waals surface area (Å²) >= 11 is 0. The van der Waals surface area contributed by atoms with Crippen molar-refractivity contribution in [2.45, 2.75) is 59.8 Å². The highest BCUT2D eigenvalue weighted by Gasteiger charge is 2.24. The fourth-order valence-electron chi connectivity index (χ4n) is 3.26. The van der Waals surface area contributed by atoms with Gasteiger partial charge in [-0.3, -0.25) is 4.79 Å². The van der Waals surface area contributed by atoms with E-state index in [2.05, 4.69) is 10.3 Å². The molecule has 7 heteroatoms. The molecule has 0 fully saturated rings. The first kappa shape index (κ1) is 21.2. The SMILES string of the molecule is CCOCc1nc2c(NC(=O)C(C)CC)nc3ccccc3c2n1CC(C)(C)O. The number of carbonyl (C=O) groups is 1. The number of anilines is 1. The molecule has 2 heterocycles. The van der Waals surface area contributed by atoms with Gasteiger partial charge in [0.1, 0.15) is 17.9 Å². The number of hydrogen-bond acceptors (Lipinski definition) is 5. The molecule has 3 rings (SSSR count). The minimum atomic E-state index is -0.945. The maximum atomic E-state index is 12.6. The minimum Gasteiger partial charge on any atom is -0.389 e. The fraction of sp³-hybridized carbons (Fsp3) is 0.500. The Morgan fingerprint density at radius 2 is 2.00 bits per heavy atom. The lowest BCUT2D eigenvalue weighted by atomic mass is 10.1. The van der Waals surface area contributed by atoms with Crippen molar-refractivity contribution in [1.82, 2.24) is 14.5 Å². The Kier molecular flexibility index (Phi) is 6.19. The lowest BCUT2D eigenvalue weighted by Crippen LogP contribution is -2.27. The van der Waals surface area contributed by atoms with Crippen LogP contribution in [-0.4, -0.2) is 37.8 Å². The molecule has 0 radical (unpaired) electrons. The van der Waals surface area contributed by atoms with E-state index in [9.17, 15) is 9.90 Å². The first-order valence-electron chi connectivity index (χ1n) is 10.1. The number of amides is 1. The predicted molar refractivity (Wildman–Crippen MR) is 115 cm³/mol. The number of hydrogen-bond donors (Lipinski definition) is 2. The molecule has 0 spiro atoms. The van der Waals surface area contributed by atoms with Crippen molar-refractivity contribution in [3.8, 4) is 0 Å². The summed E-state index contributed by atoms with van der Waals surface area (Å²) in [4.78, 5) is 22.0. The van der Waals surface area contributed by atoms with Gasteiger partial charge in [-0.05, 0) is 33.3 Å². The van der Waals surface area contributed by atoms with Gasteiger partial charge < -0.3 is 19.7 Å². The maximum Gasteiger partial charge on any atom is 0.228 e. The van der Waals surface area contributed by atoms with E-state index in [0.717, 1.165) is 22.8 Å². The van der Waals surface area contributed by atoms with Gasteiger partial charge in [0.2, 0.25) is 5.91 Å². The van der Waals surface area contributed by atoms with E-state index in [1.54, 1.807) is 13.8 Å². The summed E-state index contributed by atoms with van der Waals surface area (Å²) in [6.07, 6.45) is 0.741. The van der Waals surface area contributed by atoms with Crippen LogP contribution < -0.4 is 5.32 Å². The van der Waals surface area contributed by atoms with Crippen LogP contribution in [0.4, 0.5) is 5.82 Å². The van der Waals surface area contributed by atoms with Crippen molar-refractivity contribution in [1.29, 1.82) is 0 Å². The molecule has 1 unspecified atom stereocenters. The lowest BCUT2D eigenvalue weighted by Gasteiger charge is -2.21. The van der Waals surface area contributed by atoms with E-state index in [1.165, 1.54) is 0 Å². The topological polar surface area (TPSA) is 89.3 Å². The van der Waals surface area contributed by atoms with Crippen LogP contribution in [0.5, 0.6) is 0 Å². The van der Waals surface area contributed by atoms with Gasteiger partial charge in [-0.15, -0.1) is 0 Å². The number of benzene rings is 1. The number of nitrogens with zero attached hydrogens (tertiary/aromatic N) is 3. The first-order valence-corrected chi connectivity index (χ1v) is 10.1. The predicted octanol–water partition coefficient (Wildman–Crippen LogP) is 3.88. The van der Waals surface area contributed by atoms with Gasteiger partial charge in [0.25, 0.3) is 0 Å².